The fraction of sp³-hybridized carbons (Fsp3) is 0.724. The van der Waals surface area contributed by atoms with Crippen molar-refractivity contribution < 1.29 is 22.7 Å². The van der Waals surface area contributed by atoms with E-state index in [-0.39, 0.29) is 24.3 Å². The number of methoxy groups -OCH3 is 1. The number of nitrogens with one attached hydrogen (secondary N) is 2. The molecule has 2 aromatic heterocycles. The van der Waals surface area contributed by atoms with Crippen LogP contribution in [0.2, 0.25) is 0 Å². The molecule has 232 valence electrons. The number of piperazine rings is 1. The van der Waals surface area contributed by atoms with Gasteiger partial charge < -0.3 is 9.64 Å². The summed E-state index contributed by atoms with van der Waals surface area (Å²) in [5, 5.41) is 0. The van der Waals surface area contributed by atoms with Gasteiger partial charge in [0.15, 0.2) is 0 Å². The molecular formula is C29H42F3N7O3. The third kappa shape index (κ3) is 5.68. The van der Waals surface area contributed by atoms with Crippen molar-refractivity contribution in [3.05, 3.63) is 40.1 Å². The lowest BCUT2D eigenvalue weighted by atomic mass is 9.65. The monoisotopic (exact) mass is 593 g/mol. The maximum absolute atomic E-state index is 14.3. The molecule has 2 saturated carbocycles. The van der Waals surface area contributed by atoms with Crippen molar-refractivity contribution in [1.29, 1.82) is 0 Å². The molecule has 4 atom stereocenters. The smallest absolute Gasteiger partial charge is 0.418 e. The fourth-order valence-corrected chi connectivity index (χ4v) is 7.72. The molecule has 0 aromatic carbocycles. The van der Waals surface area contributed by atoms with Crippen molar-refractivity contribution in [1.82, 2.24) is 34.5 Å². The predicted molar refractivity (Wildman–Crippen MR) is 150 cm³/mol. The van der Waals surface area contributed by atoms with Gasteiger partial charge in [-0.05, 0) is 55.7 Å². The number of hydrogen-bond acceptors (Lipinski definition) is 7. The number of amides is 1. The molecule has 10 nitrogen and oxygen atoms in total. The molecule has 13 heteroatoms. The van der Waals surface area contributed by atoms with E-state index in [1.807, 2.05) is 4.90 Å². The van der Waals surface area contributed by atoms with Gasteiger partial charge in [0.25, 0.3) is 0 Å². The van der Waals surface area contributed by atoms with E-state index in [1.54, 1.807) is 15.7 Å². The number of hydrazine groups is 1. The highest BCUT2D eigenvalue weighted by Gasteiger charge is 2.44. The zero-order chi connectivity index (χ0) is 29.6. The van der Waals surface area contributed by atoms with Crippen LogP contribution in [0.25, 0.3) is 5.52 Å². The Bertz CT molecular complexity index is 1330. The molecule has 4 heterocycles. The van der Waals surface area contributed by atoms with Crippen LogP contribution in [0.3, 0.4) is 0 Å². The van der Waals surface area contributed by atoms with Crippen molar-refractivity contribution in [2.24, 2.45) is 17.8 Å². The minimum absolute atomic E-state index is 0.0918. The quantitative estimate of drug-likeness (QED) is 0.531. The van der Waals surface area contributed by atoms with E-state index in [9.17, 15) is 22.8 Å². The van der Waals surface area contributed by atoms with Gasteiger partial charge in [-0.15, -0.1) is 0 Å². The topological polar surface area (TPSA) is 86.5 Å². The summed E-state index contributed by atoms with van der Waals surface area (Å²) >= 11 is 0. The van der Waals surface area contributed by atoms with Crippen LogP contribution < -0.4 is 16.5 Å². The highest BCUT2D eigenvalue weighted by Crippen LogP contribution is 2.47. The Morgan fingerprint density at radius 1 is 1.07 bits per heavy atom. The average Bonchev–Trinajstić information content (AvgIpc) is 3.52. The number of nitrogens with zero attached hydrogens (tertiary/aromatic N) is 5. The molecule has 2 N–H and O–H groups in total. The third-order valence-corrected chi connectivity index (χ3v) is 10.1. The number of rotatable bonds is 6. The first-order chi connectivity index (χ1) is 20.1. The molecule has 0 bridgehead atoms. The maximum atomic E-state index is 14.3. The van der Waals surface area contributed by atoms with Crippen molar-refractivity contribution in [2.75, 3.05) is 47.0 Å². The Labute approximate surface area is 243 Å². The summed E-state index contributed by atoms with van der Waals surface area (Å²) in [7, 11) is 3.44. The summed E-state index contributed by atoms with van der Waals surface area (Å²) < 4.78 is 50.6. The van der Waals surface area contributed by atoms with Crippen molar-refractivity contribution >= 4 is 11.6 Å². The first kappa shape index (κ1) is 29.5. The molecule has 4 fully saturated rings. The van der Waals surface area contributed by atoms with E-state index >= 15 is 0 Å². The van der Waals surface area contributed by atoms with Crippen LogP contribution in [0, 0.1) is 17.8 Å². The SMILES string of the molecule is COC(=O)N1CCN(Cc2cc(C(F)(F)F)c3cn(C4CCCC([C@@H](C5CCC5)C5NNCN5C)C4)c(=O)n3c2)CC1. The zero-order valence-corrected chi connectivity index (χ0v) is 24.4. The first-order valence-corrected chi connectivity index (χ1v) is 15.2. The Hall–Kier alpha value is -2.61. The molecule has 4 aliphatic rings. The number of aromatic nitrogens is 2. The van der Waals surface area contributed by atoms with E-state index in [0.717, 1.165) is 32.4 Å². The van der Waals surface area contributed by atoms with Gasteiger partial charge in [0, 0.05) is 51.2 Å². The van der Waals surface area contributed by atoms with Gasteiger partial charge in [0.05, 0.1) is 31.0 Å². The summed E-state index contributed by atoms with van der Waals surface area (Å²) in [4.78, 5) is 31.4. The van der Waals surface area contributed by atoms with Gasteiger partial charge in [-0.1, -0.05) is 25.7 Å². The lowest BCUT2D eigenvalue weighted by Crippen LogP contribution is -2.50. The van der Waals surface area contributed by atoms with Crippen LogP contribution in [0.1, 0.15) is 62.1 Å². The van der Waals surface area contributed by atoms with Gasteiger partial charge in [-0.25, -0.2) is 20.4 Å². The Kier molecular flexibility index (Phi) is 8.29. The molecule has 2 aliphatic carbocycles. The van der Waals surface area contributed by atoms with E-state index < -0.39 is 23.5 Å². The summed E-state index contributed by atoms with van der Waals surface area (Å²) in [5.74, 6) is 1.46. The highest BCUT2D eigenvalue weighted by molar-refractivity contribution is 5.67. The third-order valence-electron chi connectivity index (χ3n) is 10.1. The van der Waals surface area contributed by atoms with Gasteiger partial charge in [0.1, 0.15) is 0 Å². The minimum Gasteiger partial charge on any atom is -0.453 e. The molecule has 42 heavy (non-hydrogen) atoms. The number of ether oxygens (including phenoxy) is 1. The zero-order valence-electron chi connectivity index (χ0n) is 24.4. The van der Waals surface area contributed by atoms with Crippen molar-refractivity contribution in [3.8, 4) is 0 Å². The lowest BCUT2D eigenvalue weighted by molar-refractivity contribution is -0.136. The van der Waals surface area contributed by atoms with Crippen LogP contribution in [0.15, 0.2) is 23.3 Å². The van der Waals surface area contributed by atoms with Crippen LogP contribution in [0.4, 0.5) is 18.0 Å². The van der Waals surface area contributed by atoms with E-state index in [4.69, 9.17) is 4.74 Å². The fourth-order valence-electron chi connectivity index (χ4n) is 7.72. The normalized spacial score (nSPS) is 27.4. The van der Waals surface area contributed by atoms with Crippen LogP contribution in [-0.2, 0) is 17.5 Å². The maximum Gasteiger partial charge on any atom is 0.418 e. The molecule has 6 rings (SSSR count). The molecule has 2 aliphatic heterocycles. The molecule has 2 aromatic rings. The molecular weight excluding hydrogens is 551 g/mol. The Balaban J connectivity index is 1.26. The number of carbonyl (C=O) groups excluding carboxylic acids is 1. The summed E-state index contributed by atoms with van der Waals surface area (Å²) in [6, 6.07) is 1.05. The second-order valence-electron chi connectivity index (χ2n) is 12.6. The second kappa shape index (κ2) is 11.8. The number of carbonyl (C=O) groups is 1. The van der Waals surface area contributed by atoms with E-state index in [2.05, 4.69) is 22.8 Å². The van der Waals surface area contributed by atoms with Gasteiger partial charge in [-0.3, -0.25) is 18.8 Å². The second-order valence-corrected chi connectivity index (χ2v) is 12.6. The molecule has 0 spiro atoms. The van der Waals surface area contributed by atoms with Crippen molar-refractivity contribution in [2.45, 2.75) is 69.9 Å². The van der Waals surface area contributed by atoms with Crippen LogP contribution >= 0.6 is 0 Å². The standard InChI is InChI=1S/C29H42F3N7O3/c1-35-18-33-34-26(35)25(20-5-3-6-20)21-7-4-8-22(14-21)38-17-24-23(29(30,31)32)13-19(16-39(24)27(38)40)15-36-9-11-37(12-10-36)28(41)42-2/h13,16-17,20-22,25-26,33-34H,3-12,14-15,18H2,1-2H3/t21?,22?,25-,26?/m1/s1. The van der Waals surface area contributed by atoms with Gasteiger partial charge in [0.2, 0.25) is 0 Å². The van der Waals surface area contributed by atoms with E-state index in [0.29, 0.717) is 49.5 Å². The first-order valence-electron chi connectivity index (χ1n) is 15.2. The number of pyridine rings is 1. The number of fused-ring (bicyclic) bond motifs is 1. The Morgan fingerprint density at radius 2 is 1.79 bits per heavy atom. The molecule has 3 unspecified atom stereocenters. The minimum atomic E-state index is -4.60. The number of alkyl halides is 3. The van der Waals surface area contributed by atoms with Crippen molar-refractivity contribution in [3.63, 3.8) is 0 Å². The number of hydrogen-bond donors (Lipinski definition) is 2. The highest BCUT2D eigenvalue weighted by atomic mass is 19.4. The van der Waals surface area contributed by atoms with E-state index in [1.165, 1.54) is 43.0 Å². The largest absolute Gasteiger partial charge is 0.453 e. The molecule has 1 amide bonds. The molecule has 2 saturated heterocycles. The lowest BCUT2D eigenvalue weighted by Gasteiger charge is -2.46. The molecule has 0 radical (unpaired) electrons. The summed E-state index contributed by atoms with van der Waals surface area (Å²) in [6.45, 7) is 2.93. The Morgan fingerprint density at radius 3 is 2.40 bits per heavy atom. The summed E-state index contributed by atoms with van der Waals surface area (Å²) in [6.07, 6.45) is 5.50. The number of halogens is 3. The van der Waals surface area contributed by atoms with Crippen LogP contribution in [0.5, 0.6) is 0 Å². The predicted octanol–water partition coefficient (Wildman–Crippen LogP) is 3.47. The van der Waals surface area contributed by atoms with Crippen LogP contribution in [-0.4, -0.2) is 82.9 Å². The number of imidazole rings is 1. The van der Waals surface area contributed by atoms with Gasteiger partial charge >= 0.3 is 18.0 Å². The average molecular weight is 594 g/mol. The summed E-state index contributed by atoms with van der Waals surface area (Å²) in [5.41, 5.74) is 5.87. The van der Waals surface area contributed by atoms with Gasteiger partial charge in [-0.2, -0.15) is 13.2 Å².